The average molecular weight is 326 g/mol. The fourth-order valence-corrected chi connectivity index (χ4v) is 2.37. The molecule has 1 saturated heterocycles. The van der Waals surface area contributed by atoms with Gasteiger partial charge in [-0.25, -0.2) is 0 Å². The second kappa shape index (κ2) is 6.18. The molecule has 1 aliphatic rings. The number of esters is 1. The van der Waals surface area contributed by atoms with Gasteiger partial charge in [-0.3, -0.25) is 9.78 Å². The SMILES string of the molecule is COC(=O)CC(B1OC(C)(C)C(C)(C)O1)c1ccc(Cl)cn1. The summed E-state index contributed by atoms with van der Waals surface area (Å²) in [6.07, 6.45) is 1.67. The third-order valence-corrected chi connectivity index (χ3v) is 4.57. The Morgan fingerprint density at radius 3 is 2.36 bits per heavy atom. The van der Waals surface area contributed by atoms with Gasteiger partial charge >= 0.3 is 13.1 Å². The standard InChI is InChI=1S/C15H21BClNO4/c1-14(2)15(3,4)22-16(21-14)11(8-13(19)20-5)12-7-6-10(17)9-18-12/h6-7,9,11H,8H2,1-5H3. The van der Waals surface area contributed by atoms with Crippen molar-refractivity contribution in [2.24, 2.45) is 0 Å². The van der Waals surface area contributed by atoms with Gasteiger partial charge < -0.3 is 14.0 Å². The molecular formula is C15H21BClNO4. The molecule has 22 heavy (non-hydrogen) atoms. The molecule has 1 aliphatic heterocycles. The number of halogens is 1. The van der Waals surface area contributed by atoms with Gasteiger partial charge in [-0.05, 0) is 39.8 Å². The molecule has 1 atom stereocenters. The Morgan fingerprint density at radius 2 is 1.91 bits per heavy atom. The second-order valence-electron chi connectivity index (χ2n) is 6.41. The van der Waals surface area contributed by atoms with E-state index in [-0.39, 0.29) is 18.2 Å². The Bertz CT molecular complexity index is 531. The maximum Gasteiger partial charge on any atom is 0.468 e. The van der Waals surface area contributed by atoms with E-state index in [1.807, 2.05) is 27.7 Å². The number of methoxy groups -OCH3 is 1. The number of hydrogen-bond acceptors (Lipinski definition) is 5. The zero-order chi connectivity index (χ0) is 16.5. The summed E-state index contributed by atoms with van der Waals surface area (Å²) in [5, 5.41) is 0.537. The summed E-state index contributed by atoms with van der Waals surface area (Å²) in [5.74, 6) is -0.692. The normalized spacial score (nSPS) is 20.7. The number of rotatable bonds is 4. The summed E-state index contributed by atoms with van der Waals surface area (Å²) in [5.41, 5.74) is -0.259. The molecule has 0 saturated carbocycles. The van der Waals surface area contributed by atoms with E-state index in [1.165, 1.54) is 7.11 Å². The topological polar surface area (TPSA) is 57.7 Å². The molecule has 0 aromatic carbocycles. The summed E-state index contributed by atoms with van der Waals surface area (Å²) in [6, 6.07) is 3.51. The van der Waals surface area contributed by atoms with Crippen LogP contribution in [0.1, 0.15) is 45.6 Å². The molecule has 0 radical (unpaired) electrons. The number of hydrogen-bond donors (Lipinski definition) is 0. The zero-order valence-corrected chi connectivity index (χ0v) is 14.3. The van der Waals surface area contributed by atoms with E-state index in [0.717, 1.165) is 0 Å². The minimum Gasteiger partial charge on any atom is -0.469 e. The van der Waals surface area contributed by atoms with Crippen molar-refractivity contribution in [3.63, 3.8) is 0 Å². The van der Waals surface area contributed by atoms with Crippen LogP contribution in [0, 0.1) is 0 Å². The van der Waals surface area contributed by atoms with Gasteiger partial charge in [0.1, 0.15) is 0 Å². The maximum atomic E-state index is 11.8. The molecule has 0 aliphatic carbocycles. The minimum atomic E-state index is -0.572. The van der Waals surface area contributed by atoms with Crippen LogP contribution in [0.25, 0.3) is 0 Å². The highest BCUT2D eigenvalue weighted by Gasteiger charge is 2.54. The monoisotopic (exact) mass is 325 g/mol. The van der Waals surface area contributed by atoms with Gasteiger partial charge in [-0.15, -0.1) is 0 Å². The van der Waals surface area contributed by atoms with E-state index in [1.54, 1.807) is 18.3 Å². The maximum absolute atomic E-state index is 11.8. The molecule has 1 fully saturated rings. The lowest BCUT2D eigenvalue weighted by molar-refractivity contribution is -0.140. The van der Waals surface area contributed by atoms with Gasteiger partial charge in [0, 0.05) is 17.7 Å². The molecule has 0 bridgehead atoms. The molecule has 1 aromatic rings. The largest absolute Gasteiger partial charge is 0.469 e. The molecule has 2 heterocycles. The highest BCUT2D eigenvalue weighted by Crippen LogP contribution is 2.41. The number of carbonyl (C=O) groups is 1. The molecule has 0 N–H and O–H groups in total. The Balaban J connectivity index is 2.29. The van der Waals surface area contributed by atoms with Crippen LogP contribution in [0.4, 0.5) is 0 Å². The van der Waals surface area contributed by atoms with E-state index in [0.29, 0.717) is 10.7 Å². The lowest BCUT2D eigenvalue weighted by Crippen LogP contribution is -2.41. The Hall–Kier alpha value is -1.11. The molecule has 0 spiro atoms. The quantitative estimate of drug-likeness (QED) is 0.629. The number of nitrogens with zero attached hydrogens (tertiary/aromatic N) is 1. The van der Waals surface area contributed by atoms with Gasteiger partial charge in [0.2, 0.25) is 0 Å². The van der Waals surface area contributed by atoms with Crippen LogP contribution in [0.5, 0.6) is 0 Å². The molecule has 120 valence electrons. The Morgan fingerprint density at radius 1 is 1.32 bits per heavy atom. The van der Waals surface area contributed by atoms with Crippen LogP contribution >= 0.6 is 11.6 Å². The van der Waals surface area contributed by atoms with Crippen molar-refractivity contribution in [1.29, 1.82) is 0 Å². The van der Waals surface area contributed by atoms with Gasteiger partial charge in [0.05, 0.1) is 29.8 Å². The Labute approximate surface area is 136 Å². The zero-order valence-electron chi connectivity index (χ0n) is 13.6. The van der Waals surface area contributed by atoms with E-state index in [4.69, 9.17) is 25.6 Å². The molecule has 1 aromatic heterocycles. The van der Waals surface area contributed by atoms with Gasteiger partial charge in [0.15, 0.2) is 0 Å². The first-order valence-corrected chi connectivity index (χ1v) is 7.58. The molecule has 7 heteroatoms. The van der Waals surface area contributed by atoms with Gasteiger partial charge in [0.25, 0.3) is 0 Å². The fourth-order valence-electron chi connectivity index (χ4n) is 2.26. The number of carbonyl (C=O) groups excluding carboxylic acids is 1. The molecule has 1 unspecified atom stereocenters. The first-order valence-electron chi connectivity index (χ1n) is 7.20. The predicted octanol–water partition coefficient (Wildman–Crippen LogP) is 3.01. The molecular weight excluding hydrogens is 304 g/mol. The van der Waals surface area contributed by atoms with E-state index in [9.17, 15) is 4.79 Å². The van der Waals surface area contributed by atoms with Crippen molar-refractivity contribution < 1.29 is 18.8 Å². The number of aromatic nitrogens is 1. The van der Waals surface area contributed by atoms with Crippen molar-refractivity contribution in [2.75, 3.05) is 7.11 Å². The fraction of sp³-hybridized carbons (Fsp3) is 0.600. The van der Waals surface area contributed by atoms with Crippen molar-refractivity contribution in [3.8, 4) is 0 Å². The van der Waals surface area contributed by atoms with Crippen molar-refractivity contribution in [1.82, 2.24) is 4.98 Å². The number of ether oxygens (including phenoxy) is 1. The Kier molecular flexibility index (Phi) is 4.85. The molecule has 2 rings (SSSR count). The van der Waals surface area contributed by atoms with Gasteiger partial charge in [-0.2, -0.15) is 0 Å². The van der Waals surface area contributed by atoms with E-state index >= 15 is 0 Å². The smallest absolute Gasteiger partial charge is 0.468 e. The summed E-state index contributed by atoms with van der Waals surface area (Å²) in [4.78, 5) is 16.1. The summed E-state index contributed by atoms with van der Waals surface area (Å²) in [7, 11) is 0.789. The third kappa shape index (κ3) is 3.45. The van der Waals surface area contributed by atoms with E-state index in [2.05, 4.69) is 4.98 Å². The predicted molar refractivity (Wildman–Crippen MR) is 84.7 cm³/mol. The first-order chi connectivity index (χ1) is 10.2. The summed E-state index contributed by atoms with van der Waals surface area (Å²) in [6.45, 7) is 7.88. The van der Waals surface area contributed by atoms with Crippen LogP contribution < -0.4 is 0 Å². The third-order valence-electron chi connectivity index (χ3n) is 4.34. The van der Waals surface area contributed by atoms with Gasteiger partial charge in [-0.1, -0.05) is 11.6 Å². The highest BCUT2D eigenvalue weighted by atomic mass is 35.5. The second-order valence-corrected chi connectivity index (χ2v) is 6.85. The van der Waals surface area contributed by atoms with Crippen LogP contribution in [0.15, 0.2) is 18.3 Å². The van der Waals surface area contributed by atoms with Crippen molar-refractivity contribution in [2.45, 2.75) is 51.1 Å². The lowest BCUT2D eigenvalue weighted by atomic mass is 9.68. The van der Waals surface area contributed by atoms with Crippen molar-refractivity contribution in [3.05, 3.63) is 29.0 Å². The first kappa shape index (κ1) is 17.3. The van der Waals surface area contributed by atoms with Crippen LogP contribution in [0.3, 0.4) is 0 Å². The van der Waals surface area contributed by atoms with E-state index < -0.39 is 18.3 Å². The van der Waals surface area contributed by atoms with Crippen LogP contribution in [-0.4, -0.2) is 36.4 Å². The van der Waals surface area contributed by atoms with Crippen LogP contribution in [0.2, 0.25) is 5.02 Å². The summed E-state index contributed by atoms with van der Waals surface area (Å²) < 4.78 is 16.9. The lowest BCUT2D eigenvalue weighted by Gasteiger charge is -2.32. The average Bonchev–Trinajstić information content (AvgIpc) is 2.65. The number of pyridine rings is 1. The highest BCUT2D eigenvalue weighted by molar-refractivity contribution is 6.48. The molecule has 5 nitrogen and oxygen atoms in total. The minimum absolute atomic E-state index is 0.127. The molecule has 0 amide bonds. The van der Waals surface area contributed by atoms with Crippen LogP contribution in [-0.2, 0) is 18.8 Å². The summed E-state index contributed by atoms with van der Waals surface area (Å²) >= 11 is 5.88. The van der Waals surface area contributed by atoms with Crippen molar-refractivity contribution >= 4 is 24.7 Å².